The SMILES string of the molecule is CCCCCN[C@@H](CCS)C(=O)N[C@H](C)c1ccccc1. The predicted octanol–water partition coefficient (Wildman–Crippen LogP) is 3.33. The molecule has 0 fully saturated rings. The molecule has 1 aromatic rings. The lowest BCUT2D eigenvalue weighted by atomic mass is 10.1. The lowest BCUT2D eigenvalue weighted by Gasteiger charge is -2.21. The van der Waals surface area contributed by atoms with E-state index in [0.29, 0.717) is 5.75 Å². The van der Waals surface area contributed by atoms with Crippen LogP contribution in [-0.4, -0.2) is 24.2 Å². The van der Waals surface area contributed by atoms with Gasteiger partial charge in [-0.2, -0.15) is 12.6 Å². The van der Waals surface area contributed by atoms with E-state index in [4.69, 9.17) is 0 Å². The van der Waals surface area contributed by atoms with Gasteiger partial charge < -0.3 is 10.6 Å². The molecule has 118 valence electrons. The summed E-state index contributed by atoms with van der Waals surface area (Å²) in [5, 5.41) is 6.44. The summed E-state index contributed by atoms with van der Waals surface area (Å²) in [6.45, 7) is 5.08. The number of carbonyl (C=O) groups is 1. The third-order valence-electron chi connectivity index (χ3n) is 3.56. The van der Waals surface area contributed by atoms with Gasteiger partial charge in [-0.15, -0.1) is 0 Å². The first-order valence-corrected chi connectivity index (χ1v) is 8.51. The molecule has 21 heavy (non-hydrogen) atoms. The van der Waals surface area contributed by atoms with Crippen molar-refractivity contribution >= 4 is 18.5 Å². The summed E-state index contributed by atoms with van der Waals surface area (Å²) in [6, 6.07) is 9.92. The molecule has 2 atom stereocenters. The molecule has 1 rings (SSSR count). The van der Waals surface area contributed by atoms with Gasteiger partial charge in [-0.3, -0.25) is 4.79 Å². The van der Waals surface area contributed by atoms with Crippen LogP contribution >= 0.6 is 12.6 Å². The van der Waals surface area contributed by atoms with E-state index >= 15 is 0 Å². The summed E-state index contributed by atoms with van der Waals surface area (Å²) in [5.41, 5.74) is 1.13. The number of unbranched alkanes of at least 4 members (excludes halogenated alkanes) is 2. The zero-order chi connectivity index (χ0) is 15.5. The molecule has 0 unspecified atom stereocenters. The first-order chi connectivity index (χ1) is 10.2. The summed E-state index contributed by atoms with van der Waals surface area (Å²) in [4.78, 5) is 12.4. The number of amides is 1. The minimum atomic E-state index is -0.148. The van der Waals surface area contributed by atoms with E-state index < -0.39 is 0 Å². The van der Waals surface area contributed by atoms with Gasteiger partial charge in [0, 0.05) is 0 Å². The Bertz CT molecular complexity index is 397. The maximum Gasteiger partial charge on any atom is 0.237 e. The molecule has 0 spiro atoms. The van der Waals surface area contributed by atoms with Gasteiger partial charge in [-0.05, 0) is 37.6 Å². The van der Waals surface area contributed by atoms with Crippen LogP contribution in [0.25, 0.3) is 0 Å². The van der Waals surface area contributed by atoms with Crippen LogP contribution in [0.4, 0.5) is 0 Å². The predicted molar refractivity (Wildman–Crippen MR) is 92.8 cm³/mol. The van der Waals surface area contributed by atoms with Crippen molar-refractivity contribution in [2.24, 2.45) is 0 Å². The van der Waals surface area contributed by atoms with Crippen LogP contribution in [0.5, 0.6) is 0 Å². The highest BCUT2D eigenvalue weighted by molar-refractivity contribution is 7.80. The van der Waals surface area contributed by atoms with Crippen molar-refractivity contribution in [2.45, 2.75) is 51.6 Å². The minimum Gasteiger partial charge on any atom is -0.348 e. The molecule has 3 nitrogen and oxygen atoms in total. The molecular weight excluding hydrogens is 280 g/mol. The Hall–Kier alpha value is -1.00. The Kier molecular flexibility index (Phi) is 9.19. The van der Waals surface area contributed by atoms with E-state index in [2.05, 4.69) is 30.2 Å². The van der Waals surface area contributed by atoms with Gasteiger partial charge in [-0.1, -0.05) is 50.1 Å². The smallest absolute Gasteiger partial charge is 0.237 e. The van der Waals surface area contributed by atoms with Crippen LogP contribution in [0.2, 0.25) is 0 Å². The van der Waals surface area contributed by atoms with Crippen molar-refractivity contribution in [3.8, 4) is 0 Å². The highest BCUT2D eigenvalue weighted by Crippen LogP contribution is 2.11. The summed E-state index contributed by atoms with van der Waals surface area (Å²) in [6.07, 6.45) is 4.25. The largest absolute Gasteiger partial charge is 0.348 e. The van der Waals surface area contributed by atoms with Crippen LogP contribution in [-0.2, 0) is 4.79 Å². The standard InChI is InChI=1S/C17H28N2OS/c1-3-4-8-12-18-16(11-13-21)17(20)19-14(2)15-9-6-5-7-10-15/h5-7,9-10,14,16,18,21H,3-4,8,11-13H2,1-2H3,(H,19,20)/t14-,16+/m1/s1. The third kappa shape index (κ3) is 7.00. The Morgan fingerprint density at radius 2 is 1.95 bits per heavy atom. The van der Waals surface area contributed by atoms with Gasteiger partial charge in [0.2, 0.25) is 5.91 Å². The van der Waals surface area contributed by atoms with E-state index in [0.717, 1.165) is 24.9 Å². The number of hydrogen-bond acceptors (Lipinski definition) is 3. The summed E-state index contributed by atoms with van der Waals surface area (Å²) < 4.78 is 0. The van der Waals surface area contributed by atoms with Crippen molar-refractivity contribution in [3.05, 3.63) is 35.9 Å². The summed E-state index contributed by atoms with van der Waals surface area (Å²) >= 11 is 4.26. The number of thiol groups is 1. The molecule has 1 aromatic carbocycles. The Balaban J connectivity index is 2.48. The van der Waals surface area contributed by atoms with Gasteiger partial charge >= 0.3 is 0 Å². The molecule has 0 saturated heterocycles. The van der Waals surface area contributed by atoms with Crippen LogP contribution < -0.4 is 10.6 Å². The van der Waals surface area contributed by atoms with Crippen molar-refractivity contribution in [2.75, 3.05) is 12.3 Å². The quantitative estimate of drug-likeness (QED) is 0.458. The highest BCUT2D eigenvalue weighted by atomic mass is 32.1. The molecule has 0 bridgehead atoms. The molecular formula is C17H28N2OS. The highest BCUT2D eigenvalue weighted by Gasteiger charge is 2.19. The van der Waals surface area contributed by atoms with Crippen LogP contribution in [0.15, 0.2) is 30.3 Å². The molecule has 1 amide bonds. The number of hydrogen-bond donors (Lipinski definition) is 3. The van der Waals surface area contributed by atoms with Gasteiger partial charge in [0.25, 0.3) is 0 Å². The topological polar surface area (TPSA) is 41.1 Å². The first kappa shape index (κ1) is 18.1. The molecule has 4 heteroatoms. The average Bonchev–Trinajstić information content (AvgIpc) is 2.51. The summed E-state index contributed by atoms with van der Waals surface area (Å²) in [5.74, 6) is 0.774. The zero-order valence-electron chi connectivity index (χ0n) is 13.1. The second kappa shape index (κ2) is 10.7. The van der Waals surface area contributed by atoms with E-state index in [1.54, 1.807) is 0 Å². The number of nitrogens with one attached hydrogen (secondary N) is 2. The molecule has 0 aromatic heterocycles. The zero-order valence-corrected chi connectivity index (χ0v) is 14.0. The molecule has 0 radical (unpaired) electrons. The lowest BCUT2D eigenvalue weighted by Crippen LogP contribution is -2.45. The maximum atomic E-state index is 12.4. The Morgan fingerprint density at radius 3 is 2.57 bits per heavy atom. The molecule has 0 aliphatic carbocycles. The minimum absolute atomic E-state index is 0.0264. The number of benzene rings is 1. The van der Waals surface area contributed by atoms with Crippen molar-refractivity contribution in [1.29, 1.82) is 0 Å². The van der Waals surface area contributed by atoms with Gasteiger partial charge in [-0.25, -0.2) is 0 Å². The fourth-order valence-corrected chi connectivity index (χ4v) is 2.50. The van der Waals surface area contributed by atoms with Gasteiger partial charge in [0.05, 0.1) is 12.1 Å². The maximum absolute atomic E-state index is 12.4. The molecule has 0 heterocycles. The molecule has 0 aliphatic heterocycles. The van der Waals surface area contributed by atoms with Gasteiger partial charge in [0.15, 0.2) is 0 Å². The van der Waals surface area contributed by atoms with Crippen molar-refractivity contribution < 1.29 is 4.79 Å². The molecule has 0 saturated carbocycles. The lowest BCUT2D eigenvalue weighted by molar-refractivity contribution is -0.123. The average molecular weight is 308 g/mol. The second-order valence-corrected chi connectivity index (χ2v) is 5.81. The third-order valence-corrected chi connectivity index (χ3v) is 3.82. The molecule has 0 aliphatic rings. The Morgan fingerprint density at radius 1 is 1.24 bits per heavy atom. The second-order valence-electron chi connectivity index (χ2n) is 5.37. The normalized spacial score (nSPS) is 13.7. The first-order valence-electron chi connectivity index (χ1n) is 7.88. The summed E-state index contributed by atoms with van der Waals surface area (Å²) in [7, 11) is 0. The van der Waals surface area contributed by atoms with Crippen molar-refractivity contribution in [3.63, 3.8) is 0 Å². The molecule has 2 N–H and O–H groups in total. The monoisotopic (exact) mass is 308 g/mol. The number of rotatable bonds is 10. The number of carbonyl (C=O) groups excluding carboxylic acids is 1. The van der Waals surface area contributed by atoms with Crippen LogP contribution in [0.3, 0.4) is 0 Å². The van der Waals surface area contributed by atoms with Crippen LogP contribution in [0, 0.1) is 0 Å². The fourth-order valence-electron chi connectivity index (χ4n) is 2.25. The van der Waals surface area contributed by atoms with Gasteiger partial charge in [0.1, 0.15) is 0 Å². The fraction of sp³-hybridized carbons (Fsp3) is 0.588. The van der Waals surface area contributed by atoms with Crippen molar-refractivity contribution in [1.82, 2.24) is 10.6 Å². The van der Waals surface area contributed by atoms with E-state index in [9.17, 15) is 4.79 Å². The Labute approximate surface area is 134 Å². The van der Waals surface area contributed by atoms with E-state index in [1.807, 2.05) is 37.3 Å². The van der Waals surface area contributed by atoms with E-state index in [-0.39, 0.29) is 18.0 Å². The van der Waals surface area contributed by atoms with Crippen LogP contribution in [0.1, 0.15) is 51.1 Å². The van der Waals surface area contributed by atoms with E-state index in [1.165, 1.54) is 12.8 Å².